The molecule has 0 radical (unpaired) electrons. The maximum atomic E-state index is 12.8. The number of carbonyl (C=O) groups excluding carboxylic acids is 1. The molecule has 2 N–H and O–H groups in total. The van der Waals surface area contributed by atoms with Crippen molar-refractivity contribution in [2.75, 3.05) is 10.6 Å². The van der Waals surface area contributed by atoms with Gasteiger partial charge in [-0.3, -0.25) is 9.78 Å². The first-order valence-corrected chi connectivity index (χ1v) is 10.3. The number of aromatic nitrogens is 1. The number of benzene rings is 3. The number of nitrogens with zero attached hydrogens (tertiary/aromatic N) is 1. The molecule has 0 spiro atoms. The number of para-hydroxylation sites is 1. The Morgan fingerprint density at radius 1 is 0.774 bits per heavy atom. The van der Waals surface area contributed by atoms with E-state index in [0.29, 0.717) is 0 Å². The van der Waals surface area contributed by atoms with Gasteiger partial charge in [-0.05, 0) is 79.1 Å². The van der Waals surface area contributed by atoms with Crippen molar-refractivity contribution in [3.8, 4) is 11.1 Å². The van der Waals surface area contributed by atoms with Crippen LogP contribution in [0.5, 0.6) is 0 Å². The van der Waals surface area contributed by atoms with Crippen LogP contribution < -0.4 is 10.6 Å². The maximum Gasteiger partial charge on any atom is 0.231 e. The van der Waals surface area contributed by atoms with E-state index < -0.39 is 0 Å². The van der Waals surface area contributed by atoms with E-state index in [1.807, 2.05) is 111 Å². The molecule has 0 aliphatic heterocycles. The molecule has 4 nitrogen and oxygen atoms in total. The van der Waals surface area contributed by atoms with Gasteiger partial charge in [0.1, 0.15) is 0 Å². The highest BCUT2D eigenvalue weighted by Crippen LogP contribution is 2.25. The Kier molecular flexibility index (Phi) is 6.08. The Morgan fingerprint density at radius 3 is 2.26 bits per heavy atom. The molecule has 1 atom stereocenters. The van der Waals surface area contributed by atoms with Gasteiger partial charge in [0, 0.05) is 29.0 Å². The number of rotatable bonds is 6. The summed E-state index contributed by atoms with van der Waals surface area (Å²) in [4.78, 5) is 17.1. The molecular formula is C27H25N3O. The standard InChI is InChI=1S/C27H25N3O/c1-19-17-23(15-16-28-19)21-11-13-25(14-12-21)30-27(31)20(2)22-7-6-10-26(18-22)29-24-8-4-3-5-9-24/h3-18,20,29H,1-2H3,(H,30,31). The van der Waals surface area contributed by atoms with E-state index in [-0.39, 0.29) is 11.8 Å². The van der Waals surface area contributed by atoms with Crippen molar-refractivity contribution in [2.45, 2.75) is 19.8 Å². The second-order valence-corrected chi connectivity index (χ2v) is 7.59. The third-order valence-electron chi connectivity index (χ3n) is 5.22. The number of hydrogen-bond acceptors (Lipinski definition) is 3. The van der Waals surface area contributed by atoms with Gasteiger partial charge in [0.15, 0.2) is 0 Å². The predicted octanol–water partition coefficient (Wildman–Crippen LogP) is 6.54. The zero-order valence-corrected chi connectivity index (χ0v) is 17.7. The van der Waals surface area contributed by atoms with E-state index >= 15 is 0 Å². The molecule has 3 aromatic carbocycles. The molecular weight excluding hydrogens is 382 g/mol. The van der Waals surface area contributed by atoms with Crippen LogP contribution in [0, 0.1) is 6.92 Å². The Balaban J connectivity index is 1.43. The Bertz CT molecular complexity index is 1170. The highest BCUT2D eigenvalue weighted by Gasteiger charge is 2.16. The van der Waals surface area contributed by atoms with Crippen LogP contribution in [0.1, 0.15) is 24.1 Å². The van der Waals surface area contributed by atoms with E-state index in [1.165, 1.54) is 0 Å². The summed E-state index contributed by atoms with van der Waals surface area (Å²) in [6, 6.07) is 29.9. The zero-order chi connectivity index (χ0) is 21.6. The molecule has 4 aromatic rings. The first-order valence-electron chi connectivity index (χ1n) is 10.3. The smallest absolute Gasteiger partial charge is 0.231 e. The van der Waals surface area contributed by atoms with Gasteiger partial charge in [-0.1, -0.05) is 42.5 Å². The molecule has 31 heavy (non-hydrogen) atoms. The quantitative estimate of drug-likeness (QED) is 0.381. The molecule has 0 saturated carbocycles. The number of hydrogen-bond donors (Lipinski definition) is 2. The molecule has 0 aliphatic carbocycles. The minimum atomic E-state index is -0.278. The van der Waals surface area contributed by atoms with Gasteiger partial charge >= 0.3 is 0 Å². The van der Waals surface area contributed by atoms with Crippen molar-refractivity contribution in [1.82, 2.24) is 4.98 Å². The SMILES string of the molecule is Cc1cc(-c2ccc(NC(=O)C(C)c3cccc(Nc4ccccc4)c3)cc2)ccn1. The minimum Gasteiger partial charge on any atom is -0.356 e. The monoisotopic (exact) mass is 407 g/mol. The molecule has 1 amide bonds. The van der Waals surface area contributed by atoms with Gasteiger partial charge < -0.3 is 10.6 Å². The van der Waals surface area contributed by atoms with E-state index in [9.17, 15) is 4.79 Å². The third-order valence-corrected chi connectivity index (χ3v) is 5.22. The number of pyridine rings is 1. The van der Waals surface area contributed by atoms with E-state index in [4.69, 9.17) is 0 Å². The van der Waals surface area contributed by atoms with Gasteiger partial charge in [-0.25, -0.2) is 0 Å². The Hall–Kier alpha value is -3.92. The molecule has 4 rings (SSSR count). The van der Waals surface area contributed by atoms with Crippen molar-refractivity contribution in [1.29, 1.82) is 0 Å². The predicted molar refractivity (Wildman–Crippen MR) is 128 cm³/mol. The molecule has 4 heteroatoms. The number of carbonyl (C=O) groups is 1. The van der Waals surface area contributed by atoms with Gasteiger partial charge in [-0.2, -0.15) is 0 Å². The second-order valence-electron chi connectivity index (χ2n) is 7.59. The molecule has 0 aliphatic rings. The molecule has 154 valence electrons. The second kappa shape index (κ2) is 9.26. The van der Waals surface area contributed by atoms with Crippen LogP contribution in [-0.4, -0.2) is 10.9 Å². The summed E-state index contributed by atoms with van der Waals surface area (Å²) in [6.07, 6.45) is 1.81. The van der Waals surface area contributed by atoms with Crippen LogP contribution in [0.4, 0.5) is 17.1 Å². The summed E-state index contributed by atoms with van der Waals surface area (Å²) in [5, 5.41) is 6.41. The van der Waals surface area contributed by atoms with Crippen LogP contribution in [-0.2, 0) is 4.79 Å². The number of anilines is 3. The topological polar surface area (TPSA) is 54.0 Å². The maximum absolute atomic E-state index is 12.8. The normalized spacial score (nSPS) is 11.5. The van der Waals surface area contributed by atoms with Gasteiger partial charge in [-0.15, -0.1) is 0 Å². The van der Waals surface area contributed by atoms with E-state index in [1.54, 1.807) is 0 Å². The highest BCUT2D eigenvalue weighted by atomic mass is 16.1. The summed E-state index contributed by atoms with van der Waals surface area (Å²) >= 11 is 0. The van der Waals surface area contributed by atoms with Gasteiger partial charge in [0.2, 0.25) is 5.91 Å². The minimum absolute atomic E-state index is 0.0376. The van der Waals surface area contributed by atoms with Crippen molar-refractivity contribution in [3.05, 3.63) is 108 Å². The zero-order valence-electron chi connectivity index (χ0n) is 17.7. The van der Waals surface area contributed by atoms with Gasteiger partial charge in [0.25, 0.3) is 0 Å². The van der Waals surface area contributed by atoms with Crippen LogP contribution >= 0.6 is 0 Å². The molecule has 1 heterocycles. The number of nitrogens with one attached hydrogen (secondary N) is 2. The fraction of sp³-hybridized carbons (Fsp3) is 0.111. The Morgan fingerprint density at radius 2 is 1.52 bits per heavy atom. The average molecular weight is 408 g/mol. The summed E-state index contributed by atoms with van der Waals surface area (Å²) in [7, 11) is 0. The molecule has 0 bridgehead atoms. The van der Waals surface area contributed by atoms with Gasteiger partial charge in [0.05, 0.1) is 5.92 Å². The lowest BCUT2D eigenvalue weighted by Crippen LogP contribution is -2.18. The van der Waals surface area contributed by atoms with E-state index in [2.05, 4.69) is 15.6 Å². The lowest BCUT2D eigenvalue weighted by Gasteiger charge is -2.15. The summed E-state index contributed by atoms with van der Waals surface area (Å²) in [6.45, 7) is 3.90. The van der Waals surface area contributed by atoms with Crippen LogP contribution in [0.15, 0.2) is 97.2 Å². The van der Waals surface area contributed by atoms with Crippen molar-refractivity contribution in [2.24, 2.45) is 0 Å². The lowest BCUT2D eigenvalue weighted by molar-refractivity contribution is -0.117. The largest absolute Gasteiger partial charge is 0.356 e. The summed E-state index contributed by atoms with van der Waals surface area (Å²) < 4.78 is 0. The fourth-order valence-electron chi connectivity index (χ4n) is 3.45. The van der Waals surface area contributed by atoms with Crippen LogP contribution in [0.25, 0.3) is 11.1 Å². The van der Waals surface area contributed by atoms with Crippen LogP contribution in [0.3, 0.4) is 0 Å². The first-order chi connectivity index (χ1) is 15.1. The average Bonchev–Trinajstić information content (AvgIpc) is 2.80. The number of aryl methyl sites for hydroxylation is 1. The van der Waals surface area contributed by atoms with E-state index in [0.717, 1.165) is 39.4 Å². The van der Waals surface area contributed by atoms with Crippen LogP contribution in [0.2, 0.25) is 0 Å². The summed E-state index contributed by atoms with van der Waals surface area (Å²) in [5.41, 5.74) is 6.90. The Labute approximate surface area is 183 Å². The molecule has 0 fully saturated rings. The summed E-state index contributed by atoms with van der Waals surface area (Å²) in [5.74, 6) is -0.315. The fourth-order valence-corrected chi connectivity index (χ4v) is 3.45. The molecule has 1 aromatic heterocycles. The molecule has 1 unspecified atom stereocenters. The van der Waals surface area contributed by atoms with Crippen molar-refractivity contribution < 1.29 is 4.79 Å². The first kappa shape index (κ1) is 20.4. The lowest BCUT2D eigenvalue weighted by atomic mass is 9.99. The highest BCUT2D eigenvalue weighted by molar-refractivity contribution is 5.96. The number of amides is 1. The van der Waals surface area contributed by atoms with Crippen molar-refractivity contribution in [3.63, 3.8) is 0 Å². The van der Waals surface area contributed by atoms with Crippen molar-refractivity contribution >= 4 is 23.0 Å². The third kappa shape index (κ3) is 5.17. The molecule has 0 saturated heterocycles.